The molecule has 0 fully saturated rings. The summed E-state index contributed by atoms with van der Waals surface area (Å²) in [5, 5.41) is 3.20. The van der Waals surface area contributed by atoms with Crippen LogP contribution in [0, 0.1) is 0 Å². The van der Waals surface area contributed by atoms with E-state index in [4.69, 9.17) is 4.74 Å². The molecule has 5 nitrogen and oxygen atoms in total. The van der Waals surface area contributed by atoms with Gasteiger partial charge in [-0.3, -0.25) is 14.8 Å². The fourth-order valence-corrected chi connectivity index (χ4v) is 3.29. The van der Waals surface area contributed by atoms with Crippen LogP contribution in [0.25, 0.3) is 11.1 Å². The molecule has 168 valence electrons. The van der Waals surface area contributed by atoms with Gasteiger partial charge in [0.25, 0.3) is 0 Å². The maximum Gasteiger partial charge on any atom is 0.416 e. The monoisotopic (exact) mass is 443 g/mol. The Morgan fingerprint density at radius 1 is 1.12 bits per heavy atom. The Balaban J connectivity index is 1.81. The minimum absolute atomic E-state index is 0.0486. The number of ether oxygens (including phenoxy) is 1. The molecule has 0 saturated carbocycles. The van der Waals surface area contributed by atoms with Crippen LogP contribution in [-0.2, 0) is 35.1 Å². The number of carbonyl (C=O) groups is 1. The maximum absolute atomic E-state index is 13.3. The standard InChI is InChI=1S/C24H24F3N3O2/c1-2-32-23(31)12-17-11-18(16-29-14-17)22-7-6-20(24(25,26)27)13-19(22)15-28-10-8-21-5-3-4-9-30-21/h3-7,9,11,13-14,16,28H,2,8,10,12,15H2,1H3. The highest BCUT2D eigenvalue weighted by molar-refractivity contribution is 5.74. The Morgan fingerprint density at radius 2 is 1.97 bits per heavy atom. The van der Waals surface area contributed by atoms with E-state index in [9.17, 15) is 18.0 Å². The number of aromatic nitrogens is 2. The van der Waals surface area contributed by atoms with Crippen molar-refractivity contribution in [3.8, 4) is 11.1 Å². The zero-order chi connectivity index (χ0) is 23.0. The summed E-state index contributed by atoms with van der Waals surface area (Å²) in [7, 11) is 0. The highest BCUT2D eigenvalue weighted by Crippen LogP contribution is 2.33. The third-order valence-corrected chi connectivity index (χ3v) is 4.79. The lowest BCUT2D eigenvalue weighted by molar-refractivity contribution is -0.142. The van der Waals surface area contributed by atoms with Crippen LogP contribution in [0.1, 0.15) is 29.3 Å². The Labute approximate surface area is 184 Å². The predicted molar refractivity (Wildman–Crippen MR) is 115 cm³/mol. The summed E-state index contributed by atoms with van der Waals surface area (Å²) in [6.07, 6.45) is 1.10. The van der Waals surface area contributed by atoms with Crippen molar-refractivity contribution in [1.29, 1.82) is 0 Å². The zero-order valence-electron chi connectivity index (χ0n) is 17.7. The van der Waals surface area contributed by atoms with Gasteiger partial charge < -0.3 is 10.1 Å². The second kappa shape index (κ2) is 10.9. The first kappa shape index (κ1) is 23.4. The summed E-state index contributed by atoms with van der Waals surface area (Å²) in [4.78, 5) is 20.2. The number of halogens is 3. The predicted octanol–water partition coefficient (Wildman–Crippen LogP) is 4.60. The number of nitrogens with zero attached hydrogens (tertiary/aromatic N) is 2. The minimum atomic E-state index is -4.44. The smallest absolute Gasteiger partial charge is 0.416 e. The third kappa shape index (κ3) is 6.62. The van der Waals surface area contributed by atoms with Crippen LogP contribution in [0.3, 0.4) is 0 Å². The van der Waals surface area contributed by atoms with E-state index >= 15 is 0 Å². The third-order valence-electron chi connectivity index (χ3n) is 4.79. The first-order chi connectivity index (χ1) is 15.4. The van der Waals surface area contributed by atoms with Crippen molar-refractivity contribution in [3.05, 3.63) is 83.4 Å². The van der Waals surface area contributed by atoms with E-state index in [1.807, 2.05) is 18.2 Å². The number of nitrogens with one attached hydrogen (secondary N) is 1. The number of carbonyl (C=O) groups excluding carboxylic acids is 1. The number of esters is 1. The second-order valence-electron chi connectivity index (χ2n) is 7.18. The van der Waals surface area contributed by atoms with E-state index in [0.717, 1.165) is 17.8 Å². The number of rotatable bonds is 9. The lowest BCUT2D eigenvalue weighted by atomic mass is 9.97. The number of alkyl halides is 3. The van der Waals surface area contributed by atoms with Crippen molar-refractivity contribution in [3.63, 3.8) is 0 Å². The SMILES string of the molecule is CCOC(=O)Cc1cncc(-c2ccc(C(F)(F)F)cc2CNCCc2ccccn2)c1. The molecule has 3 rings (SSSR count). The molecule has 1 aromatic carbocycles. The first-order valence-corrected chi connectivity index (χ1v) is 10.3. The molecule has 0 aliphatic heterocycles. The summed E-state index contributed by atoms with van der Waals surface area (Å²) < 4.78 is 44.9. The molecular weight excluding hydrogens is 419 g/mol. The Kier molecular flexibility index (Phi) is 7.94. The van der Waals surface area contributed by atoms with Crippen LogP contribution in [0.15, 0.2) is 61.1 Å². The van der Waals surface area contributed by atoms with Crippen molar-refractivity contribution >= 4 is 5.97 Å². The molecule has 0 aliphatic rings. The van der Waals surface area contributed by atoms with E-state index < -0.39 is 11.7 Å². The molecular formula is C24H24F3N3O2. The van der Waals surface area contributed by atoms with Gasteiger partial charge in [0.05, 0.1) is 18.6 Å². The highest BCUT2D eigenvalue weighted by Gasteiger charge is 2.31. The molecule has 1 N–H and O–H groups in total. The minimum Gasteiger partial charge on any atom is -0.466 e. The van der Waals surface area contributed by atoms with E-state index in [-0.39, 0.29) is 25.5 Å². The summed E-state index contributed by atoms with van der Waals surface area (Å²) in [6.45, 7) is 2.81. The first-order valence-electron chi connectivity index (χ1n) is 10.3. The molecule has 0 aliphatic carbocycles. The van der Waals surface area contributed by atoms with Crippen molar-refractivity contribution < 1.29 is 22.7 Å². The van der Waals surface area contributed by atoms with Gasteiger partial charge in [-0.2, -0.15) is 13.2 Å². The molecule has 0 bridgehead atoms. The Hall–Kier alpha value is -3.26. The molecule has 32 heavy (non-hydrogen) atoms. The van der Waals surface area contributed by atoms with Crippen LogP contribution >= 0.6 is 0 Å². The maximum atomic E-state index is 13.3. The van der Waals surface area contributed by atoms with Crippen molar-refractivity contribution in [2.45, 2.75) is 32.5 Å². The largest absolute Gasteiger partial charge is 0.466 e. The molecule has 0 spiro atoms. The molecule has 2 aromatic heterocycles. The molecule has 0 saturated heterocycles. The Bertz CT molecular complexity index is 1040. The summed E-state index contributed by atoms with van der Waals surface area (Å²) >= 11 is 0. The average molecular weight is 443 g/mol. The quantitative estimate of drug-likeness (QED) is 0.387. The number of benzene rings is 1. The van der Waals surface area contributed by atoms with E-state index in [2.05, 4.69) is 15.3 Å². The topological polar surface area (TPSA) is 64.1 Å². The number of pyridine rings is 2. The van der Waals surface area contributed by atoms with E-state index in [0.29, 0.717) is 35.2 Å². The lowest BCUT2D eigenvalue weighted by Gasteiger charge is -2.15. The molecule has 0 amide bonds. The summed E-state index contributed by atoms with van der Waals surface area (Å²) in [6, 6.07) is 11.0. The van der Waals surface area contributed by atoms with Gasteiger partial charge in [-0.15, -0.1) is 0 Å². The van der Waals surface area contributed by atoms with Crippen molar-refractivity contribution in [2.75, 3.05) is 13.2 Å². The van der Waals surface area contributed by atoms with Crippen molar-refractivity contribution in [2.24, 2.45) is 0 Å². The second-order valence-corrected chi connectivity index (χ2v) is 7.18. The van der Waals surface area contributed by atoms with Gasteiger partial charge in [0.15, 0.2) is 0 Å². The summed E-state index contributed by atoms with van der Waals surface area (Å²) in [5.41, 5.74) is 2.59. The number of hydrogen-bond donors (Lipinski definition) is 1. The van der Waals surface area contributed by atoms with Gasteiger partial charge in [-0.05, 0) is 53.9 Å². The fourth-order valence-electron chi connectivity index (χ4n) is 3.29. The zero-order valence-corrected chi connectivity index (χ0v) is 17.7. The molecule has 0 radical (unpaired) electrons. The molecule has 2 heterocycles. The van der Waals surface area contributed by atoms with Gasteiger partial charge in [0, 0.05) is 49.4 Å². The van der Waals surface area contributed by atoms with Crippen LogP contribution in [0.2, 0.25) is 0 Å². The molecule has 8 heteroatoms. The van der Waals surface area contributed by atoms with Gasteiger partial charge in [0.2, 0.25) is 0 Å². The number of hydrogen-bond acceptors (Lipinski definition) is 5. The van der Waals surface area contributed by atoms with Gasteiger partial charge in [0.1, 0.15) is 0 Å². The highest BCUT2D eigenvalue weighted by atomic mass is 19.4. The van der Waals surface area contributed by atoms with E-state index in [1.54, 1.807) is 31.6 Å². The Morgan fingerprint density at radius 3 is 2.69 bits per heavy atom. The van der Waals surface area contributed by atoms with Crippen molar-refractivity contribution in [1.82, 2.24) is 15.3 Å². The lowest BCUT2D eigenvalue weighted by Crippen LogP contribution is -2.18. The molecule has 3 aromatic rings. The summed E-state index contributed by atoms with van der Waals surface area (Å²) in [5.74, 6) is -0.379. The van der Waals surface area contributed by atoms with Crippen LogP contribution < -0.4 is 5.32 Å². The fraction of sp³-hybridized carbons (Fsp3) is 0.292. The van der Waals surface area contributed by atoms with Crippen LogP contribution in [0.5, 0.6) is 0 Å². The normalized spacial score (nSPS) is 11.4. The van der Waals surface area contributed by atoms with Gasteiger partial charge >= 0.3 is 12.1 Å². The molecule has 0 atom stereocenters. The van der Waals surface area contributed by atoms with E-state index in [1.165, 1.54) is 6.07 Å². The van der Waals surface area contributed by atoms with Gasteiger partial charge in [-0.25, -0.2) is 0 Å². The van der Waals surface area contributed by atoms with Gasteiger partial charge in [-0.1, -0.05) is 12.1 Å². The molecule has 0 unspecified atom stereocenters. The van der Waals surface area contributed by atoms with Crippen LogP contribution in [0.4, 0.5) is 13.2 Å². The van der Waals surface area contributed by atoms with Crippen LogP contribution in [-0.4, -0.2) is 29.1 Å². The average Bonchev–Trinajstić information content (AvgIpc) is 2.77.